The molecule has 6 N–H and O–H groups in total. The smallest absolute Gasteiger partial charge is 0.481 e. The molecular formula is C34H43ClF10N2O9. The molecule has 2 fully saturated rings. The SMILES string of the molecule is CC(O)(CC(=O)N[C@@H](COC(F)F)c1cccc(OC(F)(F)F)c1)C1CC1.CC(O)(CC(=O)O)C1CC1.Cl.N[C@@H](COC(F)F)c1cccc(OC(F)(F)F)c1. The summed E-state index contributed by atoms with van der Waals surface area (Å²) < 4.78 is 137. The number of hydrogen-bond donors (Lipinski definition) is 5. The second-order valence-corrected chi connectivity index (χ2v) is 13.2. The van der Waals surface area contributed by atoms with Gasteiger partial charge in [-0.2, -0.15) is 17.6 Å². The Labute approximate surface area is 320 Å². The highest BCUT2D eigenvalue weighted by molar-refractivity contribution is 5.85. The number of nitrogens with one attached hydrogen (secondary N) is 1. The molecule has 320 valence electrons. The topological polar surface area (TPSA) is 170 Å². The maximum atomic E-state index is 12.4. The number of halogens is 11. The average Bonchev–Trinajstić information content (AvgIpc) is 3.93. The molecule has 22 heteroatoms. The average molecular weight is 849 g/mol. The number of nitrogens with two attached hydrogens (primary N) is 1. The number of benzene rings is 2. The van der Waals surface area contributed by atoms with Crippen LogP contribution in [0.15, 0.2) is 48.5 Å². The monoisotopic (exact) mass is 848 g/mol. The Hall–Kier alpha value is -3.63. The minimum atomic E-state index is -4.92. The van der Waals surface area contributed by atoms with Crippen LogP contribution in [0.2, 0.25) is 0 Å². The van der Waals surface area contributed by atoms with Crippen molar-refractivity contribution in [3.05, 3.63) is 59.7 Å². The third-order valence-corrected chi connectivity index (χ3v) is 8.08. The summed E-state index contributed by atoms with van der Waals surface area (Å²) in [5, 5.41) is 30.5. The third kappa shape index (κ3) is 21.1. The van der Waals surface area contributed by atoms with E-state index in [9.17, 15) is 63.7 Å². The molecule has 0 aliphatic heterocycles. The van der Waals surface area contributed by atoms with E-state index in [1.807, 2.05) is 0 Å². The highest BCUT2D eigenvalue weighted by atomic mass is 35.5. The first kappa shape index (κ1) is 50.4. The molecule has 4 atom stereocenters. The van der Waals surface area contributed by atoms with Crippen molar-refractivity contribution in [1.82, 2.24) is 5.32 Å². The van der Waals surface area contributed by atoms with Crippen LogP contribution in [-0.4, -0.2) is 77.6 Å². The highest BCUT2D eigenvalue weighted by Gasteiger charge is 2.42. The van der Waals surface area contributed by atoms with Crippen LogP contribution in [0.4, 0.5) is 43.9 Å². The summed E-state index contributed by atoms with van der Waals surface area (Å²) in [5.41, 5.74) is 3.58. The van der Waals surface area contributed by atoms with Crippen molar-refractivity contribution in [3.63, 3.8) is 0 Å². The van der Waals surface area contributed by atoms with Gasteiger partial charge in [-0.15, -0.1) is 38.7 Å². The van der Waals surface area contributed by atoms with Gasteiger partial charge in [-0.3, -0.25) is 9.59 Å². The number of carbonyl (C=O) groups is 2. The quantitative estimate of drug-likeness (QED) is 0.101. The van der Waals surface area contributed by atoms with Crippen molar-refractivity contribution in [2.24, 2.45) is 17.6 Å². The first-order valence-electron chi connectivity index (χ1n) is 16.5. The number of alkyl halides is 10. The Morgan fingerprint density at radius 3 is 1.57 bits per heavy atom. The number of hydrogen-bond acceptors (Lipinski definition) is 9. The fourth-order valence-corrected chi connectivity index (χ4v) is 5.11. The van der Waals surface area contributed by atoms with Gasteiger partial charge in [0, 0.05) is 0 Å². The summed E-state index contributed by atoms with van der Waals surface area (Å²) in [7, 11) is 0. The molecule has 2 unspecified atom stereocenters. The van der Waals surface area contributed by atoms with E-state index in [2.05, 4.69) is 24.3 Å². The van der Waals surface area contributed by atoms with Crippen molar-refractivity contribution in [1.29, 1.82) is 0 Å². The van der Waals surface area contributed by atoms with E-state index in [-0.39, 0.29) is 48.2 Å². The van der Waals surface area contributed by atoms with E-state index in [4.69, 9.17) is 10.8 Å². The van der Waals surface area contributed by atoms with E-state index in [1.165, 1.54) is 31.2 Å². The fraction of sp³-hybridized carbons (Fsp3) is 0.588. The number of rotatable bonds is 17. The van der Waals surface area contributed by atoms with Gasteiger partial charge in [0.05, 0.1) is 49.3 Å². The van der Waals surface area contributed by atoms with Crippen LogP contribution >= 0.6 is 12.4 Å². The largest absolute Gasteiger partial charge is 0.573 e. The van der Waals surface area contributed by atoms with Crippen LogP contribution in [0.5, 0.6) is 11.5 Å². The van der Waals surface area contributed by atoms with Gasteiger partial charge in [0.1, 0.15) is 11.5 Å². The number of carbonyl (C=O) groups excluding carboxylic acids is 1. The Morgan fingerprint density at radius 1 is 0.750 bits per heavy atom. The molecule has 0 bridgehead atoms. The lowest BCUT2D eigenvalue weighted by molar-refractivity contribution is -0.275. The van der Waals surface area contributed by atoms with Crippen molar-refractivity contribution in [2.45, 2.75) is 102 Å². The normalized spacial score (nSPS) is 17.4. The Kier molecular flexibility index (Phi) is 19.6. The molecule has 11 nitrogen and oxygen atoms in total. The first-order valence-corrected chi connectivity index (χ1v) is 16.5. The number of amides is 1. The summed E-state index contributed by atoms with van der Waals surface area (Å²) in [6, 6.07) is 7.27. The second kappa shape index (κ2) is 21.8. The number of aliphatic hydroxyl groups is 2. The van der Waals surface area contributed by atoms with E-state index < -0.39 is 85.8 Å². The number of carboxylic acids is 1. The lowest BCUT2D eigenvalue weighted by atomic mass is 9.95. The molecule has 2 aliphatic carbocycles. The van der Waals surface area contributed by atoms with Gasteiger partial charge in [-0.1, -0.05) is 24.3 Å². The van der Waals surface area contributed by atoms with E-state index in [1.54, 1.807) is 6.92 Å². The van der Waals surface area contributed by atoms with Crippen molar-refractivity contribution in [3.8, 4) is 11.5 Å². The van der Waals surface area contributed by atoms with Gasteiger partial charge in [0.15, 0.2) is 0 Å². The lowest BCUT2D eigenvalue weighted by Crippen LogP contribution is -2.39. The molecule has 0 aromatic heterocycles. The Bertz CT molecular complexity index is 1510. The summed E-state index contributed by atoms with van der Waals surface area (Å²) in [6.45, 7) is -4.16. The molecular weight excluding hydrogens is 806 g/mol. The molecule has 2 aliphatic rings. The maximum Gasteiger partial charge on any atom is 0.573 e. The van der Waals surface area contributed by atoms with Crippen LogP contribution in [0, 0.1) is 11.8 Å². The molecule has 0 heterocycles. The number of ether oxygens (including phenoxy) is 4. The zero-order chi connectivity index (χ0) is 41.8. The second-order valence-electron chi connectivity index (χ2n) is 13.2. The summed E-state index contributed by atoms with van der Waals surface area (Å²) in [6.07, 6.45) is -6.61. The fourth-order valence-electron chi connectivity index (χ4n) is 5.11. The molecule has 4 rings (SSSR count). The van der Waals surface area contributed by atoms with Crippen LogP contribution in [0.3, 0.4) is 0 Å². The minimum Gasteiger partial charge on any atom is -0.481 e. The molecule has 0 saturated heterocycles. The summed E-state index contributed by atoms with van der Waals surface area (Å²) >= 11 is 0. The van der Waals surface area contributed by atoms with Gasteiger partial charge in [-0.25, -0.2) is 0 Å². The molecule has 2 aromatic carbocycles. The number of carboxylic acid groups (broad SMARTS) is 1. The van der Waals surface area contributed by atoms with Crippen LogP contribution in [-0.2, 0) is 19.1 Å². The molecule has 2 saturated carbocycles. The van der Waals surface area contributed by atoms with Gasteiger partial charge < -0.3 is 45.3 Å². The van der Waals surface area contributed by atoms with Crippen LogP contribution < -0.4 is 20.5 Å². The van der Waals surface area contributed by atoms with Crippen molar-refractivity contribution >= 4 is 24.3 Å². The predicted octanol–water partition coefficient (Wildman–Crippen LogP) is 7.40. The Morgan fingerprint density at radius 2 is 1.16 bits per heavy atom. The molecule has 2 aromatic rings. The standard InChI is InChI=1S/C17H20F5NO4.C10H10F5NO2.C7H12O3.ClH/c1-16(25,11-5-6-11)8-14(24)23-13(9-26-15(18)19)10-3-2-4-12(7-10)27-17(20,21)22;11-9(12)17-5-8(16)6-2-1-3-7(4-6)18-10(13,14)15;1-7(10,4-6(8)9)5-2-3-5;/h2-4,7,11,13,15,25H,5-6,8-9H2,1H3,(H,23,24);1-4,8-9H,5,16H2;5,10H,2-4H2,1H3,(H,8,9);1H/t13-,16?;8-;;/m00../s1. The van der Waals surface area contributed by atoms with Crippen LogP contribution in [0.1, 0.15) is 75.6 Å². The first-order chi connectivity index (χ1) is 25.3. The van der Waals surface area contributed by atoms with E-state index >= 15 is 0 Å². The van der Waals surface area contributed by atoms with Gasteiger partial charge in [0.2, 0.25) is 5.91 Å². The molecule has 1 amide bonds. The highest BCUT2D eigenvalue weighted by Crippen LogP contribution is 2.42. The molecule has 0 radical (unpaired) electrons. The summed E-state index contributed by atoms with van der Waals surface area (Å²) in [5.74, 6) is -2.35. The van der Waals surface area contributed by atoms with Crippen molar-refractivity contribution < 1.29 is 87.8 Å². The van der Waals surface area contributed by atoms with E-state index in [0.29, 0.717) is 0 Å². The van der Waals surface area contributed by atoms with Crippen LogP contribution in [0.25, 0.3) is 0 Å². The summed E-state index contributed by atoms with van der Waals surface area (Å²) in [4.78, 5) is 22.4. The zero-order valence-electron chi connectivity index (χ0n) is 29.8. The zero-order valence-corrected chi connectivity index (χ0v) is 30.6. The van der Waals surface area contributed by atoms with E-state index in [0.717, 1.165) is 49.9 Å². The van der Waals surface area contributed by atoms with Gasteiger partial charge in [0.25, 0.3) is 0 Å². The molecule has 0 spiro atoms. The minimum absolute atomic E-state index is 0. The van der Waals surface area contributed by atoms with Gasteiger partial charge in [-0.05, 0) is 86.8 Å². The third-order valence-electron chi connectivity index (χ3n) is 8.08. The van der Waals surface area contributed by atoms with Gasteiger partial charge >= 0.3 is 31.9 Å². The molecule has 56 heavy (non-hydrogen) atoms. The maximum absolute atomic E-state index is 12.4. The lowest BCUT2D eigenvalue weighted by Gasteiger charge is -2.25. The van der Waals surface area contributed by atoms with Crippen molar-refractivity contribution in [2.75, 3.05) is 13.2 Å². The number of aliphatic carboxylic acids is 1. The Balaban J connectivity index is 0.000000464. The predicted molar refractivity (Wildman–Crippen MR) is 179 cm³/mol.